The summed E-state index contributed by atoms with van der Waals surface area (Å²) in [5.41, 5.74) is 2.11. The first-order valence-corrected chi connectivity index (χ1v) is 15.9. The van der Waals surface area contributed by atoms with E-state index in [9.17, 15) is 22.0 Å². The molecule has 3 aromatic rings. The number of rotatable bonds is 10. The van der Waals surface area contributed by atoms with E-state index in [1.165, 1.54) is 44.6 Å². The van der Waals surface area contributed by atoms with Gasteiger partial charge >= 0.3 is 6.11 Å². The molecular formula is C36H39F7O. The molecule has 2 aliphatic carbocycles. The SMILES string of the molecule is CCCCCC1CCC(c2ccc(-c3ccc(C4CCC(C(F)(F)Oc5cc(F)c(F)c(F)c5)CC4)c(F)c3)c(F)c2)CC1. The van der Waals surface area contributed by atoms with E-state index in [0.717, 1.165) is 24.3 Å². The molecule has 0 atom stereocenters. The average molecular weight is 621 g/mol. The number of alkyl halides is 2. The van der Waals surface area contributed by atoms with Crippen molar-refractivity contribution >= 4 is 0 Å². The monoisotopic (exact) mass is 620 g/mol. The van der Waals surface area contributed by atoms with Gasteiger partial charge in [0, 0.05) is 17.7 Å². The molecule has 0 saturated heterocycles. The highest BCUT2D eigenvalue weighted by atomic mass is 19.3. The van der Waals surface area contributed by atoms with Crippen molar-refractivity contribution in [2.45, 2.75) is 102 Å². The van der Waals surface area contributed by atoms with Crippen LogP contribution in [0, 0.1) is 40.9 Å². The van der Waals surface area contributed by atoms with E-state index in [-0.39, 0.29) is 37.4 Å². The van der Waals surface area contributed by atoms with Crippen LogP contribution in [-0.4, -0.2) is 6.11 Å². The first kappa shape index (κ1) is 32.4. The standard InChI is InChI=1S/C36H39F7O/c1-2-3-4-5-22-6-8-23(9-7-22)25-12-16-30(31(37)18-25)26-13-17-29(32(38)19-26)24-10-14-27(15-11-24)36(42,43)44-28-20-33(39)35(41)34(40)21-28/h12-13,16-24,27H,2-11,14-15H2,1H3. The molecule has 2 saturated carbocycles. The third-order valence-electron chi connectivity index (χ3n) is 9.69. The van der Waals surface area contributed by atoms with Crippen molar-refractivity contribution < 1.29 is 35.5 Å². The van der Waals surface area contributed by atoms with E-state index in [0.29, 0.717) is 34.7 Å². The van der Waals surface area contributed by atoms with Crippen molar-refractivity contribution in [1.82, 2.24) is 0 Å². The Morgan fingerprint density at radius 3 is 1.95 bits per heavy atom. The second kappa shape index (κ2) is 13.9. The zero-order chi connectivity index (χ0) is 31.4. The third kappa shape index (κ3) is 7.43. The van der Waals surface area contributed by atoms with Crippen LogP contribution >= 0.6 is 0 Å². The summed E-state index contributed by atoms with van der Waals surface area (Å²) in [5.74, 6) is -7.19. The van der Waals surface area contributed by atoms with Crippen LogP contribution in [0.25, 0.3) is 11.1 Å². The number of benzene rings is 3. The maximum Gasteiger partial charge on any atom is 0.400 e. The largest absolute Gasteiger partial charge is 0.432 e. The summed E-state index contributed by atoms with van der Waals surface area (Å²) in [5, 5.41) is 0. The van der Waals surface area contributed by atoms with Gasteiger partial charge < -0.3 is 4.74 Å². The van der Waals surface area contributed by atoms with Gasteiger partial charge in [0.05, 0.1) is 5.92 Å². The quantitative estimate of drug-likeness (QED) is 0.124. The summed E-state index contributed by atoms with van der Waals surface area (Å²) in [4.78, 5) is 0. The van der Waals surface area contributed by atoms with Crippen LogP contribution in [0.1, 0.15) is 107 Å². The summed E-state index contributed by atoms with van der Waals surface area (Å²) in [6.07, 6.45) is 6.24. The van der Waals surface area contributed by atoms with Crippen molar-refractivity contribution in [3.63, 3.8) is 0 Å². The van der Waals surface area contributed by atoms with Crippen LogP contribution in [0.4, 0.5) is 30.7 Å². The molecule has 44 heavy (non-hydrogen) atoms. The molecule has 0 radical (unpaired) electrons. The van der Waals surface area contributed by atoms with E-state index in [1.54, 1.807) is 24.3 Å². The molecule has 0 heterocycles. The lowest BCUT2D eigenvalue weighted by Crippen LogP contribution is -2.37. The van der Waals surface area contributed by atoms with Crippen LogP contribution in [0.2, 0.25) is 0 Å². The lowest BCUT2D eigenvalue weighted by Gasteiger charge is -2.33. The van der Waals surface area contributed by atoms with Gasteiger partial charge in [0.2, 0.25) is 0 Å². The lowest BCUT2D eigenvalue weighted by molar-refractivity contribution is -0.222. The maximum atomic E-state index is 15.3. The fourth-order valence-corrected chi connectivity index (χ4v) is 7.08. The van der Waals surface area contributed by atoms with Gasteiger partial charge in [-0.2, -0.15) is 8.78 Å². The molecule has 0 N–H and O–H groups in total. The average Bonchev–Trinajstić information content (AvgIpc) is 3.00. The highest BCUT2D eigenvalue weighted by Crippen LogP contribution is 2.45. The molecular weight excluding hydrogens is 581 g/mol. The van der Waals surface area contributed by atoms with Crippen molar-refractivity contribution in [2.24, 2.45) is 11.8 Å². The molecule has 3 aromatic carbocycles. The Balaban J connectivity index is 1.18. The molecule has 0 aromatic heterocycles. The predicted octanol–water partition coefficient (Wildman–Crippen LogP) is 11.8. The molecule has 2 aliphatic rings. The van der Waals surface area contributed by atoms with Crippen LogP contribution in [0.15, 0.2) is 48.5 Å². The van der Waals surface area contributed by atoms with Gasteiger partial charge in [-0.15, -0.1) is 0 Å². The zero-order valence-corrected chi connectivity index (χ0v) is 25.0. The number of hydrogen-bond acceptors (Lipinski definition) is 1. The Labute approximate surface area is 254 Å². The summed E-state index contributed by atoms with van der Waals surface area (Å²) in [6.45, 7) is 2.21. The van der Waals surface area contributed by atoms with Gasteiger partial charge in [0.15, 0.2) is 17.5 Å². The normalized spacial score (nSPS) is 22.6. The zero-order valence-electron chi connectivity index (χ0n) is 25.0. The Bertz CT molecular complexity index is 1400. The maximum absolute atomic E-state index is 15.3. The fourth-order valence-electron chi connectivity index (χ4n) is 7.08. The van der Waals surface area contributed by atoms with Gasteiger partial charge in [-0.1, -0.05) is 56.9 Å². The predicted molar refractivity (Wildman–Crippen MR) is 157 cm³/mol. The summed E-state index contributed by atoms with van der Waals surface area (Å²) < 4.78 is 105. The van der Waals surface area contributed by atoms with E-state index in [1.807, 2.05) is 6.07 Å². The molecule has 0 bridgehead atoms. The Morgan fingerprint density at radius 1 is 0.682 bits per heavy atom. The number of hydrogen-bond donors (Lipinski definition) is 0. The minimum absolute atomic E-state index is 0.0121. The van der Waals surface area contributed by atoms with Crippen LogP contribution in [-0.2, 0) is 0 Å². The molecule has 0 aliphatic heterocycles. The highest BCUT2D eigenvalue weighted by molar-refractivity contribution is 5.65. The first-order chi connectivity index (χ1) is 21.1. The highest BCUT2D eigenvalue weighted by Gasteiger charge is 2.44. The molecule has 1 nitrogen and oxygen atoms in total. The second-order valence-electron chi connectivity index (χ2n) is 12.6. The topological polar surface area (TPSA) is 9.23 Å². The molecule has 0 unspecified atom stereocenters. The molecule has 8 heteroatoms. The van der Waals surface area contributed by atoms with Gasteiger partial charge in [-0.3, -0.25) is 0 Å². The number of unbranched alkanes of at least 4 members (excludes halogenated alkanes) is 2. The van der Waals surface area contributed by atoms with Crippen molar-refractivity contribution in [1.29, 1.82) is 0 Å². The van der Waals surface area contributed by atoms with E-state index >= 15 is 8.78 Å². The van der Waals surface area contributed by atoms with Crippen molar-refractivity contribution in [2.75, 3.05) is 0 Å². The molecule has 238 valence electrons. The molecule has 0 amide bonds. The third-order valence-corrected chi connectivity index (χ3v) is 9.69. The molecule has 2 fully saturated rings. The Kier molecular flexibility index (Phi) is 10.3. The molecule has 0 spiro atoms. The second-order valence-corrected chi connectivity index (χ2v) is 12.6. The van der Waals surface area contributed by atoms with Crippen LogP contribution in [0.3, 0.4) is 0 Å². The van der Waals surface area contributed by atoms with E-state index in [4.69, 9.17) is 0 Å². The lowest BCUT2D eigenvalue weighted by atomic mass is 9.76. The minimum atomic E-state index is -3.75. The fraction of sp³-hybridized carbons (Fsp3) is 0.500. The Hall–Kier alpha value is -3.03. The van der Waals surface area contributed by atoms with Gasteiger partial charge in [0.1, 0.15) is 17.4 Å². The Morgan fingerprint density at radius 2 is 1.34 bits per heavy atom. The number of ether oxygens (including phenoxy) is 1. The minimum Gasteiger partial charge on any atom is -0.432 e. The summed E-state index contributed by atoms with van der Waals surface area (Å²) >= 11 is 0. The van der Waals surface area contributed by atoms with Crippen molar-refractivity contribution in [3.05, 3.63) is 88.7 Å². The van der Waals surface area contributed by atoms with E-state index in [2.05, 4.69) is 11.7 Å². The first-order valence-electron chi connectivity index (χ1n) is 15.9. The van der Waals surface area contributed by atoms with Crippen LogP contribution < -0.4 is 4.74 Å². The number of halogens is 7. The smallest absolute Gasteiger partial charge is 0.400 e. The van der Waals surface area contributed by atoms with Crippen molar-refractivity contribution in [3.8, 4) is 16.9 Å². The molecule has 5 rings (SSSR count). The van der Waals surface area contributed by atoms with E-state index < -0.39 is 41.0 Å². The van der Waals surface area contributed by atoms with Gasteiger partial charge in [-0.25, -0.2) is 22.0 Å². The summed E-state index contributed by atoms with van der Waals surface area (Å²) in [6, 6.07) is 10.6. The van der Waals surface area contributed by atoms with Gasteiger partial charge in [0.25, 0.3) is 0 Å². The summed E-state index contributed by atoms with van der Waals surface area (Å²) in [7, 11) is 0. The van der Waals surface area contributed by atoms with Gasteiger partial charge in [-0.05, 0) is 97.9 Å². The van der Waals surface area contributed by atoms with Crippen LogP contribution in [0.5, 0.6) is 5.75 Å².